The molecule has 1 saturated heterocycles. The molecule has 0 unspecified atom stereocenters. The van der Waals surface area contributed by atoms with Crippen LogP contribution in [0.1, 0.15) is 27.1 Å². The van der Waals surface area contributed by atoms with Gasteiger partial charge < -0.3 is 20.4 Å². The Morgan fingerprint density at radius 2 is 1.61 bits per heavy atom. The number of aromatic carboxylic acids is 1. The molecule has 0 saturated carbocycles. The first-order valence-corrected chi connectivity index (χ1v) is 11.3. The topological polar surface area (TPSA) is 134 Å². The lowest BCUT2D eigenvalue weighted by atomic mass is 10.1. The molecule has 0 radical (unpaired) electrons. The lowest BCUT2D eigenvalue weighted by molar-refractivity contribution is -0.192. The maximum Gasteiger partial charge on any atom is 0.490 e. The molecule has 3 N–H and O–H groups in total. The van der Waals surface area contributed by atoms with E-state index >= 15 is 0 Å². The number of nitrogens with zero attached hydrogens (tertiary/aromatic N) is 3. The Kier molecular flexibility index (Phi) is 10.2. The molecule has 2 aromatic rings. The molecule has 9 nitrogen and oxygen atoms in total. The predicted octanol–water partition coefficient (Wildman–Crippen LogP) is 4.07. The summed E-state index contributed by atoms with van der Waals surface area (Å²) in [7, 11) is 0. The standard InChI is InChI=1S/C21H21BrN4O3.C2HF3O2/c22-16-4-2-15(3-5-16)20(27)24-17-6-7-19(18(14-17)21(28)29)26-12-10-25(11-13-26)9-1-8-23;3-2(4,5)1(6)7/h2-7,14H,1,9-13H2,(H,24,27)(H,28,29);(H,6,7). The van der Waals surface area contributed by atoms with Gasteiger partial charge in [0.25, 0.3) is 5.91 Å². The van der Waals surface area contributed by atoms with Gasteiger partial charge in [0, 0.05) is 54.9 Å². The van der Waals surface area contributed by atoms with E-state index in [4.69, 9.17) is 15.2 Å². The molecule has 0 bridgehead atoms. The molecule has 1 fully saturated rings. The van der Waals surface area contributed by atoms with Crippen LogP contribution in [0.25, 0.3) is 0 Å². The monoisotopic (exact) mass is 570 g/mol. The minimum atomic E-state index is -5.08. The van der Waals surface area contributed by atoms with Crippen LogP contribution in [0.4, 0.5) is 24.5 Å². The van der Waals surface area contributed by atoms with Gasteiger partial charge in [0.05, 0.1) is 17.3 Å². The maximum atomic E-state index is 12.4. The van der Waals surface area contributed by atoms with Gasteiger partial charge in [-0.05, 0) is 42.5 Å². The molecule has 13 heteroatoms. The fraction of sp³-hybridized carbons (Fsp3) is 0.304. The van der Waals surface area contributed by atoms with Gasteiger partial charge in [-0.2, -0.15) is 18.4 Å². The van der Waals surface area contributed by atoms with Crippen LogP contribution >= 0.6 is 15.9 Å². The van der Waals surface area contributed by atoms with E-state index < -0.39 is 18.1 Å². The highest BCUT2D eigenvalue weighted by atomic mass is 79.9. The summed E-state index contributed by atoms with van der Waals surface area (Å²) in [6.07, 6.45) is -4.59. The number of carbonyl (C=O) groups is 3. The van der Waals surface area contributed by atoms with Gasteiger partial charge in [0.15, 0.2) is 0 Å². The Morgan fingerprint density at radius 1 is 1.03 bits per heavy atom. The van der Waals surface area contributed by atoms with Crippen LogP contribution in [0.5, 0.6) is 0 Å². The maximum absolute atomic E-state index is 12.4. The SMILES string of the molecule is N#CCCN1CCN(c2ccc(NC(=O)c3ccc(Br)cc3)cc2C(=O)O)CC1.O=C(O)C(F)(F)F. The number of nitrogens with one attached hydrogen (secondary N) is 1. The van der Waals surface area contributed by atoms with Crippen molar-refractivity contribution in [2.24, 2.45) is 0 Å². The number of aliphatic carboxylic acids is 1. The van der Waals surface area contributed by atoms with Crippen LogP contribution in [0, 0.1) is 11.3 Å². The second-order valence-electron chi connectivity index (χ2n) is 7.54. The number of carboxylic acids is 2. The van der Waals surface area contributed by atoms with Crippen molar-refractivity contribution in [3.05, 3.63) is 58.1 Å². The lowest BCUT2D eigenvalue weighted by Crippen LogP contribution is -2.47. The first-order chi connectivity index (χ1) is 16.9. The second-order valence-corrected chi connectivity index (χ2v) is 8.45. The van der Waals surface area contributed by atoms with Crippen molar-refractivity contribution in [3.63, 3.8) is 0 Å². The number of carbonyl (C=O) groups excluding carboxylic acids is 1. The molecule has 1 amide bonds. The molecule has 0 spiro atoms. The number of anilines is 2. The van der Waals surface area contributed by atoms with Crippen LogP contribution in [0.2, 0.25) is 0 Å². The van der Waals surface area contributed by atoms with E-state index in [0.29, 0.717) is 36.4 Å². The zero-order chi connectivity index (χ0) is 26.9. The van der Waals surface area contributed by atoms with Crippen molar-refractivity contribution in [1.82, 2.24) is 4.90 Å². The molecule has 1 aliphatic rings. The molecule has 1 heterocycles. The first kappa shape index (κ1) is 28.6. The predicted molar refractivity (Wildman–Crippen MR) is 128 cm³/mol. The Balaban J connectivity index is 0.000000572. The molecule has 0 atom stereocenters. The summed E-state index contributed by atoms with van der Waals surface area (Å²) >= 11 is 3.33. The minimum absolute atomic E-state index is 0.157. The quantitative estimate of drug-likeness (QED) is 0.473. The Labute approximate surface area is 212 Å². The third-order valence-corrected chi connectivity index (χ3v) is 5.62. The van der Waals surface area contributed by atoms with Crippen molar-refractivity contribution in [2.45, 2.75) is 12.6 Å². The van der Waals surface area contributed by atoms with E-state index in [1.54, 1.807) is 36.4 Å². The van der Waals surface area contributed by atoms with E-state index in [9.17, 15) is 27.9 Å². The zero-order valence-electron chi connectivity index (χ0n) is 18.8. The van der Waals surface area contributed by atoms with E-state index in [2.05, 4.69) is 32.2 Å². The number of piperazine rings is 1. The van der Waals surface area contributed by atoms with Crippen molar-refractivity contribution in [1.29, 1.82) is 5.26 Å². The highest BCUT2D eigenvalue weighted by Gasteiger charge is 2.38. The highest BCUT2D eigenvalue weighted by molar-refractivity contribution is 9.10. The van der Waals surface area contributed by atoms with Gasteiger partial charge in [-0.15, -0.1) is 0 Å². The number of benzene rings is 2. The first-order valence-electron chi connectivity index (χ1n) is 10.5. The molecule has 36 heavy (non-hydrogen) atoms. The van der Waals surface area contributed by atoms with Crippen molar-refractivity contribution >= 4 is 45.2 Å². The number of amides is 1. The summed E-state index contributed by atoms with van der Waals surface area (Å²) in [5.41, 5.74) is 1.72. The average Bonchev–Trinajstić information content (AvgIpc) is 2.83. The van der Waals surface area contributed by atoms with Gasteiger partial charge in [0.2, 0.25) is 0 Å². The van der Waals surface area contributed by atoms with Crippen LogP contribution in [-0.4, -0.2) is 71.9 Å². The van der Waals surface area contributed by atoms with Gasteiger partial charge in [-0.25, -0.2) is 9.59 Å². The Bertz CT molecular complexity index is 1130. The van der Waals surface area contributed by atoms with Gasteiger partial charge in [-0.3, -0.25) is 9.69 Å². The molecule has 3 rings (SSSR count). The van der Waals surface area contributed by atoms with Gasteiger partial charge in [0.1, 0.15) is 0 Å². The second kappa shape index (κ2) is 12.9. The van der Waals surface area contributed by atoms with E-state index in [0.717, 1.165) is 24.1 Å². The third kappa shape index (κ3) is 8.54. The van der Waals surface area contributed by atoms with Gasteiger partial charge >= 0.3 is 18.1 Å². The van der Waals surface area contributed by atoms with Gasteiger partial charge in [-0.1, -0.05) is 15.9 Å². The number of hydrogen-bond acceptors (Lipinski definition) is 6. The third-order valence-electron chi connectivity index (χ3n) is 5.09. The zero-order valence-corrected chi connectivity index (χ0v) is 20.3. The van der Waals surface area contributed by atoms with Crippen LogP contribution in [0.15, 0.2) is 46.9 Å². The summed E-state index contributed by atoms with van der Waals surface area (Å²) in [5.74, 6) is -4.09. The van der Waals surface area contributed by atoms with E-state index in [1.165, 1.54) is 6.07 Å². The van der Waals surface area contributed by atoms with Crippen molar-refractivity contribution in [2.75, 3.05) is 42.9 Å². The summed E-state index contributed by atoms with van der Waals surface area (Å²) in [5, 5.41) is 28.3. The number of carboxylic acid groups (broad SMARTS) is 2. The molecule has 192 valence electrons. The summed E-state index contributed by atoms with van der Waals surface area (Å²) in [6.45, 7) is 3.68. The number of hydrogen-bond donors (Lipinski definition) is 3. The minimum Gasteiger partial charge on any atom is -0.478 e. The number of halogens is 4. The number of nitriles is 1. The average molecular weight is 571 g/mol. The molecule has 1 aliphatic heterocycles. The summed E-state index contributed by atoms with van der Waals surface area (Å²) in [4.78, 5) is 37.4. The molecule has 2 aromatic carbocycles. The fourth-order valence-corrected chi connectivity index (χ4v) is 3.55. The van der Waals surface area contributed by atoms with E-state index in [1.807, 2.05) is 4.90 Å². The normalized spacial score (nSPS) is 13.7. The van der Waals surface area contributed by atoms with Crippen LogP contribution in [-0.2, 0) is 4.79 Å². The van der Waals surface area contributed by atoms with Crippen molar-refractivity contribution in [3.8, 4) is 6.07 Å². The Hall–Kier alpha value is -3.63. The Morgan fingerprint density at radius 3 is 2.11 bits per heavy atom. The summed E-state index contributed by atoms with van der Waals surface area (Å²) < 4.78 is 32.6. The summed E-state index contributed by atoms with van der Waals surface area (Å²) in [6, 6.07) is 14.0. The lowest BCUT2D eigenvalue weighted by Gasteiger charge is -2.36. The molecule has 0 aromatic heterocycles. The smallest absolute Gasteiger partial charge is 0.478 e. The fourth-order valence-electron chi connectivity index (χ4n) is 3.29. The highest BCUT2D eigenvalue weighted by Crippen LogP contribution is 2.26. The molecule has 0 aliphatic carbocycles. The van der Waals surface area contributed by atoms with Crippen LogP contribution < -0.4 is 10.2 Å². The van der Waals surface area contributed by atoms with Crippen LogP contribution in [0.3, 0.4) is 0 Å². The largest absolute Gasteiger partial charge is 0.490 e. The number of rotatable bonds is 6. The molecular formula is C23H22BrF3N4O5. The van der Waals surface area contributed by atoms with Crippen molar-refractivity contribution < 1.29 is 37.8 Å². The molecular weight excluding hydrogens is 549 g/mol. The van der Waals surface area contributed by atoms with E-state index in [-0.39, 0.29) is 11.5 Å². The number of alkyl halides is 3.